The van der Waals surface area contributed by atoms with Gasteiger partial charge in [-0.25, -0.2) is 0 Å². The number of nitrogens with one attached hydrogen (secondary N) is 1. The Kier molecular flexibility index (Phi) is 4.58. The van der Waals surface area contributed by atoms with Crippen LogP contribution < -0.4 is 5.32 Å². The van der Waals surface area contributed by atoms with Crippen LogP contribution in [0.25, 0.3) is 0 Å². The van der Waals surface area contributed by atoms with Crippen LogP contribution in [0.2, 0.25) is 0 Å². The number of rotatable bonds is 5. The lowest BCUT2D eigenvalue weighted by Crippen LogP contribution is -2.34. The molecule has 1 aliphatic rings. The molecule has 1 saturated carbocycles. The zero-order valence-electron chi connectivity index (χ0n) is 15.1. The van der Waals surface area contributed by atoms with Gasteiger partial charge in [0, 0.05) is 29.9 Å². The second-order valence-electron chi connectivity index (χ2n) is 6.89. The molecule has 1 fully saturated rings. The number of aryl methyl sites for hydroxylation is 1. The number of carbonyl (C=O) groups excluding carboxylic acids is 1. The molecule has 1 amide bonds. The predicted octanol–water partition coefficient (Wildman–Crippen LogP) is 3.26. The van der Waals surface area contributed by atoms with Crippen molar-refractivity contribution in [1.29, 1.82) is 0 Å². The van der Waals surface area contributed by atoms with E-state index in [0.29, 0.717) is 5.69 Å². The Morgan fingerprint density at radius 3 is 2.50 bits per heavy atom. The van der Waals surface area contributed by atoms with Crippen molar-refractivity contribution in [2.24, 2.45) is 7.05 Å². The molecule has 2 atom stereocenters. The third-order valence-electron chi connectivity index (χ3n) is 4.90. The van der Waals surface area contributed by atoms with E-state index in [1.807, 2.05) is 13.8 Å². The fourth-order valence-corrected chi connectivity index (χ4v) is 3.01. The van der Waals surface area contributed by atoms with E-state index in [9.17, 15) is 18.0 Å². The zero-order valence-corrected chi connectivity index (χ0v) is 15.1. The Hall–Kier alpha value is -2.32. The first kappa shape index (κ1) is 18.5. The number of amides is 1. The summed E-state index contributed by atoms with van der Waals surface area (Å²) < 4.78 is 42.0. The quantitative estimate of drug-likeness (QED) is 0.880. The monoisotopic (exact) mass is 369 g/mol. The van der Waals surface area contributed by atoms with Gasteiger partial charge < -0.3 is 5.32 Å². The number of halogens is 3. The van der Waals surface area contributed by atoms with Crippen LogP contribution in [0.15, 0.2) is 12.3 Å². The summed E-state index contributed by atoms with van der Waals surface area (Å²) in [5.74, 6) is -0.327. The molecule has 142 valence electrons. The average molecular weight is 369 g/mol. The normalized spacial score (nSPS) is 17.2. The maximum absolute atomic E-state index is 13.0. The maximum atomic E-state index is 13.0. The highest BCUT2D eigenvalue weighted by Gasteiger charge is 2.39. The van der Waals surface area contributed by atoms with Crippen LogP contribution in [0, 0.1) is 6.92 Å². The number of carbonyl (C=O) groups is 1. The highest BCUT2D eigenvalue weighted by atomic mass is 19.4. The van der Waals surface area contributed by atoms with Crippen molar-refractivity contribution >= 4 is 5.91 Å². The average Bonchev–Trinajstić information content (AvgIpc) is 3.21. The Labute approximate surface area is 149 Å². The van der Waals surface area contributed by atoms with Gasteiger partial charge in [0.1, 0.15) is 6.04 Å². The van der Waals surface area contributed by atoms with E-state index in [1.165, 1.54) is 4.68 Å². The first-order valence-electron chi connectivity index (χ1n) is 8.55. The molecule has 0 radical (unpaired) electrons. The fraction of sp³-hybridized carbons (Fsp3) is 0.588. The van der Waals surface area contributed by atoms with E-state index in [1.54, 1.807) is 24.9 Å². The standard InChI is InChI=1S/C17H22F3N5O/c1-9(13-8-21-24(4)10(13)2)22-16(26)11(3)25-14(12-5-6-12)7-15(23-25)17(18,19)20/h7-9,11-12H,5-6H2,1-4H3,(H,22,26)/t9-,11-/m0/s1. The first-order chi connectivity index (χ1) is 12.1. The summed E-state index contributed by atoms with van der Waals surface area (Å²) in [5, 5.41) is 10.7. The van der Waals surface area contributed by atoms with Gasteiger partial charge in [-0.3, -0.25) is 14.2 Å². The lowest BCUT2D eigenvalue weighted by Gasteiger charge is -2.19. The van der Waals surface area contributed by atoms with Gasteiger partial charge in [0.2, 0.25) is 5.91 Å². The smallest absolute Gasteiger partial charge is 0.348 e. The van der Waals surface area contributed by atoms with Gasteiger partial charge in [-0.2, -0.15) is 23.4 Å². The Morgan fingerprint density at radius 2 is 2.00 bits per heavy atom. The lowest BCUT2D eigenvalue weighted by atomic mass is 10.1. The number of nitrogens with zero attached hydrogens (tertiary/aromatic N) is 4. The number of alkyl halides is 3. The van der Waals surface area contributed by atoms with Crippen molar-refractivity contribution in [2.75, 3.05) is 0 Å². The number of hydrogen-bond acceptors (Lipinski definition) is 3. The molecule has 0 saturated heterocycles. The van der Waals surface area contributed by atoms with Gasteiger partial charge in [-0.05, 0) is 39.7 Å². The summed E-state index contributed by atoms with van der Waals surface area (Å²) in [5.41, 5.74) is 1.31. The van der Waals surface area contributed by atoms with Gasteiger partial charge in [-0.1, -0.05) is 0 Å². The van der Waals surface area contributed by atoms with Crippen molar-refractivity contribution in [3.8, 4) is 0 Å². The molecule has 0 spiro atoms. The van der Waals surface area contributed by atoms with Gasteiger partial charge in [0.05, 0.1) is 12.2 Å². The summed E-state index contributed by atoms with van der Waals surface area (Å²) in [6, 6.07) is -0.0716. The van der Waals surface area contributed by atoms with Crippen molar-refractivity contribution in [2.45, 2.75) is 57.8 Å². The molecule has 0 aliphatic heterocycles. The van der Waals surface area contributed by atoms with Crippen molar-refractivity contribution in [3.63, 3.8) is 0 Å². The first-order valence-corrected chi connectivity index (χ1v) is 8.55. The molecule has 2 aromatic rings. The summed E-state index contributed by atoms with van der Waals surface area (Å²) in [6.07, 6.45) is -1.20. The third-order valence-corrected chi connectivity index (χ3v) is 4.90. The van der Waals surface area contributed by atoms with E-state index in [-0.39, 0.29) is 17.9 Å². The summed E-state index contributed by atoms with van der Waals surface area (Å²) >= 11 is 0. The van der Waals surface area contributed by atoms with Gasteiger partial charge in [0.25, 0.3) is 0 Å². The van der Waals surface area contributed by atoms with Crippen molar-refractivity contribution in [1.82, 2.24) is 24.9 Å². The Balaban J connectivity index is 1.80. The highest BCUT2D eigenvalue weighted by Crippen LogP contribution is 2.43. The van der Waals surface area contributed by atoms with E-state index >= 15 is 0 Å². The minimum Gasteiger partial charge on any atom is -0.348 e. The Bertz CT molecular complexity index is 819. The van der Waals surface area contributed by atoms with E-state index in [4.69, 9.17) is 0 Å². The molecule has 2 heterocycles. The van der Waals surface area contributed by atoms with Gasteiger partial charge in [0.15, 0.2) is 5.69 Å². The molecular weight excluding hydrogens is 347 g/mol. The highest BCUT2D eigenvalue weighted by molar-refractivity contribution is 5.80. The third kappa shape index (κ3) is 3.47. The molecule has 9 heteroatoms. The molecule has 1 aliphatic carbocycles. The Morgan fingerprint density at radius 1 is 1.35 bits per heavy atom. The molecule has 3 rings (SSSR count). The molecule has 6 nitrogen and oxygen atoms in total. The van der Waals surface area contributed by atoms with Crippen LogP contribution in [-0.2, 0) is 18.0 Å². The van der Waals surface area contributed by atoms with Crippen LogP contribution in [-0.4, -0.2) is 25.5 Å². The zero-order chi connectivity index (χ0) is 19.2. The minimum atomic E-state index is -4.52. The number of aromatic nitrogens is 4. The van der Waals surface area contributed by atoms with Crippen molar-refractivity contribution < 1.29 is 18.0 Å². The summed E-state index contributed by atoms with van der Waals surface area (Å²) in [6.45, 7) is 5.28. The second kappa shape index (κ2) is 6.44. The van der Waals surface area contributed by atoms with Crippen LogP contribution in [0.3, 0.4) is 0 Å². The fourth-order valence-electron chi connectivity index (χ4n) is 3.01. The molecule has 0 unspecified atom stereocenters. The summed E-state index contributed by atoms with van der Waals surface area (Å²) in [7, 11) is 1.81. The van der Waals surface area contributed by atoms with Crippen LogP contribution in [0.5, 0.6) is 0 Å². The molecule has 2 aromatic heterocycles. The lowest BCUT2D eigenvalue weighted by molar-refractivity contribution is -0.142. The minimum absolute atomic E-state index is 0.0480. The number of hydrogen-bond donors (Lipinski definition) is 1. The second-order valence-corrected chi connectivity index (χ2v) is 6.89. The predicted molar refractivity (Wildman–Crippen MR) is 88.4 cm³/mol. The van der Waals surface area contributed by atoms with E-state index < -0.39 is 17.9 Å². The molecule has 0 aromatic carbocycles. The topological polar surface area (TPSA) is 64.7 Å². The van der Waals surface area contributed by atoms with Gasteiger partial charge >= 0.3 is 6.18 Å². The van der Waals surface area contributed by atoms with Crippen LogP contribution >= 0.6 is 0 Å². The summed E-state index contributed by atoms with van der Waals surface area (Å²) in [4.78, 5) is 12.6. The van der Waals surface area contributed by atoms with Gasteiger partial charge in [-0.15, -0.1) is 0 Å². The van der Waals surface area contributed by atoms with Crippen LogP contribution in [0.1, 0.15) is 67.3 Å². The molecular formula is C17H22F3N5O. The molecule has 0 bridgehead atoms. The van der Waals surface area contributed by atoms with E-state index in [2.05, 4.69) is 15.5 Å². The van der Waals surface area contributed by atoms with Crippen molar-refractivity contribution in [3.05, 3.63) is 34.9 Å². The van der Waals surface area contributed by atoms with Crippen LogP contribution in [0.4, 0.5) is 13.2 Å². The van der Waals surface area contributed by atoms with E-state index in [0.717, 1.165) is 30.2 Å². The molecule has 1 N–H and O–H groups in total. The maximum Gasteiger partial charge on any atom is 0.435 e. The largest absolute Gasteiger partial charge is 0.435 e. The molecule has 26 heavy (non-hydrogen) atoms. The SMILES string of the molecule is Cc1c([C@H](C)NC(=O)[C@H](C)n2nc(C(F)(F)F)cc2C2CC2)cnn1C.